The molecule has 0 aliphatic heterocycles. The monoisotopic (exact) mass is 232 g/mol. The van der Waals surface area contributed by atoms with Gasteiger partial charge in [0.15, 0.2) is 0 Å². The summed E-state index contributed by atoms with van der Waals surface area (Å²) in [6.07, 6.45) is 2.39. The van der Waals surface area contributed by atoms with Gasteiger partial charge in [0.25, 0.3) is 0 Å². The molecule has 1 atom stereocenters. The minimum Gasteiger partial charge on any atom is -0.324 e. The van der Waals surface area contributed by atoms with Gasteiger partial charge in [-0.25, -0.2) is 0 Å². The normalized spacial score (nSPS) is 16.6. The third-order valence-electron chi connectivity index (χ3n) is 3.19. The lowest BCUT2D eigenvalue weighted by Gasteiger charge is -2.16. The molecule has 1 aliphatic carbocycles. The van der Waals surface area contributed by atoms with Crippen molar-refractivity contribution in [2.75, 3.05) is 5.32 Å². The predicted molar refractivity (Wildman–Crippen MR) is 70.2 cm³/mol. The summed E-state index contributed by atoms with van der Waals surface area (Å²) in [7, 11) is 0. The summed E-state index contributed by atoms with van der Waals surface area (Å²) in [5.74, 6) is 0.0503. The Kier molecular flexibility index (Phi) is 3.48. The number of hydrogen-bond donors (Lipinski definition) is 2. The fraction of sp³-hybridized carbons (Fsp3) is 0.500. The molecule has 3 nitrogen and oxygen atoms in total. The third-order valence-corrected chi connectivity index (χ3v) is 3.19. The number of anilines is 1. The number of nitrogens with one attached hydrogen (secondary N) is 2. The van der Waals surface area contributed by atoms with Crippen LogP contribution in [0.2, 0.25) is 0 Å². The maximum Gasteiger partial charge on any atom is 0.241 e. The van der Waals surface area contributed by atoms with Gasteiger partial charge in [-0.05, 0) is 44.7 Å². The summed E-state index contributed by atoms with van der Waals surface area (Å²) < 4.78 is 0. The number of benzene rings is 1. The minimum atomic E-state index is -0.124. The standard InChI is InChI=1S/C14H20N2O/c1-9-5-4-6-10(2)13(9)16-14(17)11(3)15-12-7-8-12/h4-6,11-12,15H,7-8H2,1-3H3,(H,16,17)/t11-/m0/s1. The first-order valence-corrected chi connectivity index (χ1v) is 6.21. The number of aryl methyl sites for hydroxylation is 2. The largest absolute Gasteiger partial charge is 0.324 e. The summed E-state index contributed by atoms with van der Waals surface area (Å²) in [5, 5.41) is 6.31. The number of amides is 1. The molecule has 1 saturated carbocycles. The summed E-state index contributed by atoms with van der Waals surface area (Å²) in [6.45, 7) is 5.95. The van der Waals surface area contributed by atoms with E-state index in [2.05, 4.69) is 10.6 Å². The maximum absolute atomic E-state index is 12.0. The SMILES string of the molecule is Cc1cccc(C)c1NC(=O)[C@H](C)NC1CC1. The van der Waals surface area contributed by atoms with Crippen LogP contribution in [0.15, 0.2) is 18.2 Å². The van der Waals surface area contributed by atoms with Crippen LogP contribution in [0.4, 0.5) is 5.69 Å². The van der Waals surface area contributed by atoms with Crippen LogP contribution in [-0.2, 0) is 4.79 Å². The first-order valence-electron chi connectivity index (χ1n) is 6.21. The van der Waals surface area contributed by atoms with Crippen molar-refractivity contribution in [3.8, 4) is 0 Å². The lowest BCUT2D eigenvalue weighted by Crippen LogP contribution is -2.39. The van der Waals surface area contributed by atoms with E-state index in [4.69, 9.17) is 0 Å². The van der Waals surface area contributed by atoms with Crippen LogP contribution >= 0.6 is 0 Å². The van der Waals surface area contributed by atoms with Crippen molar-refractivity contribution >= 4 is 11.6 Å². The number of hydrogen-bond acceptors (Lipinski definition) is 2. The van der Waals surface area contributed by atoms with Crippen LogP contribution in [0.25, 0.3) is 0 Å². The average Bonchev–Trinajstić information content (AvgIpc) is 3.07. The Bertz CT molecular complexity index is 404. The van der Waals surface area contributed by atoms with Crippen LogP contribution in [0.5, 0.6) is 0 Å². The van der Waals surface area contributed by atoms with E-state index in [-0.39, 0.29) is 11.9 Å². The highest BCUT2D eigenvalue weighted by Crippen LogP contribution is 2.21. The van der Waals surface area contributed by atoms with Crippen LogP contribution in [0.1, 0.15) is 30.9 Å². The van der Waals surface area contributed by atoms with E-state index in [0.29, 0.717) is 6.04 Å². The number of rotatable bonds is 4. The van der Waals surface area contributed by atoms with E-state index < -0.39 is 0 Å². The predicted octanol–water partition coefficient (Wildman–Crippen LogP) is 2.38. The smallest absolute Gasteiger partial charge is 0.241 e. The zero-order valence-corrected chi connectivity index (χ0v) is 10.7. The fourth-order valence-corrected chi connectivity index (χ4v) is 1.92. The second-order valence-electron chi connectivity index (χ2n) is 4.92. The van der Waals surface area contributed by atoms with Crippen molar-refractivity contribution in [3.63, 3.8) is 0 Å². The number of carbonyl (C=O) groups excluding carboxylic acids is 1. The number of carbonyl (C=O) groups is 1. The van der Waals surface area contributed by atoms with Crippen molar-refractivity contribution in [2.24, 2.45) is 0 Å². The molecule has 2 N–H and O–H groups in total. The maximum atomic E-state index is 12.0. The molecule has 17 heavy (non-hydrogen) atoms. The second-order valence-corrected chi connectivity index (χ2v) is 4.92. The van der Waals surface area contributed by atoms with Gasteiger partial charge >= 0.3 is 0 Å². The quantitative estimate of drug-likeness (QED) is 0.837. The highest BCUT2D eigenvalue weighted by atomic mass is 16.2. The molecule has 0 unspecified atom stereocenters. The molecule has 1 fully saturated rings. The molecule has 2 rings (SSSR count). The van der Waals surface area contributed by atoms with Crippen molar-refractivity contribution in [3.05, 3.63) is 29.3 Å². The molecule has 3 heteroatoms. The molecule has 0 radical (unpaired) electrons. The van der Waals surface area contributed by atoms with E-state index in [1.54, 1.807) is 0 Å². The van der Waals surface area contributed by atoms with Crippen LogP contribution in [-0.4, -0.2) is 18.0 Å². The Hall–Kier alpha value is -1.35. The van der Waals surface area contributed by atoms with Crippen LogP contribution < -0.4 is 10.6 Å². The van der Waals surface area contributed by atoms with E-state index >= 15 is 0 Å². The van der Waals surface area contributed by atoms with E-state index in [9.17, 15) is 4.79 Å². The van der Waals surface area contributed by atoms with Gasteiger partial charge in [0, 0.05) is 11.7 Å². The van der Waals surface area contributed by atoms with E-state index in [1.165, 1.54) is 12.8 Å². The van der Waals surface area contributed by atoms with Gasteiger partial charge in [0.05, 0.1) is 6.04 Å². The zero-order valence-electron chi connectivity index (χ0n) is 10.7. The van der Waals surface area contributed by atoms with Gasteiger partial charge in [0.2, 0.25) is 5.91 Å². The van der Waals surface area contributed by atoms with Crippen LogP contribution in [0, 0.1) is 13.8 Å². The van der Waals surface area contributed by atoms with E-state index in [0.717, 1.165) is 16.8 Å². The van der Waals surface area contributed by atoms with Crippen LogP contribution in [0.3, 0.4) is 0 Å². The van der Waals surface area contributed by atoms with Gasteiger partial charge in [0.1, 0.15) is 0 Å². The number of para-hydroxylation sites is 1. The summed E-state index contributed by atoms with van der Waals surface area (Å²) >= 11 is 0. The van der Waals surface area contributed by atoms with Crippen molar-refractivity contribution in [1.82, 2.24) is 5.32 Å². The van der Waals surface area contributed by atoms with Crippen molar-refractivity contribution in [1.29, 1.82) is 0 Å². The Morgan fingerprint density at radius 3 is 2.41 bits per heavy atom. The molecular formula is C14H20N2O. The molecule has 92 valence electrons. The lowest BCUT2D eigenvalue weighted by atomic mass is 10.1. The highest BCUT2D eigenvalue weighted by molar-refractivity contribution is 5.95. The Morgan fingerprint density at radius 2 is 1.88 bits per heavy atom. The van der Waals surface area contributed by atoms with Gasteiger partial charge in [-0.2, -0.15) is 0 Å². The molecule has 0 heterocycles. The summed E-state index contributed by atoms with van der Waals surface area (Å²) in [5.41, 5.74) is 3.16. The first kappa shape index (κ1) is 12.1. The Morgan fingerprint density at radius 1 is 1.29 bits per heavy atom. The van der Waals surface area contributed by atoms with Gasteiger partial charge in [-0.1, -0.05) is 18.2 Å². The first-order chi connectivity index (χ1) is 8.08. The van der Waals surface area contributed by atoms with Gasteiger partial charge in [-0.15, -0.1) is 0 Å². The molecule has 1 amide bonds. The zero-order chi connectivity index (χ0) is 12.4. The second kappa shape index (κ2) is 4.88. The van der Waals surface area contributed by atoms with Crippen molar-refractivity contribution in [2.45, 2.75) is 45.7 Å². The molecule has 0 spiro atoms. The average molecular weight is 232 g/mol. The van der Waals surface area contributed by atoms with E-state index in [1.807, 2.05) is 39.0 Å². The molecule has 1 aliphatic rings. The summed E-state index contributed by atoms with van der Waals surface area (Å²) in [6, 6.07) is 6.46. The molecule has 1 aromatic rings. The molecule has 0 bridgehead atoms. The minimum absolute atomic E-state index is 0.0503. The lowest BCUT2D eigenvalue weighted by molar-refractivity contribution is -0.117. The molecule has 0 aromatic heterocycles. The molecular weight excluding hydrogens is 212 g/mol. The topological polar surface area (TPSA) is 41.1 Å². The molecule has 0 saturated heterocycles. The third kappa shape index (κ3) is 3.07. The fourth-order valence-electron chi connectivity index (χ4n) is 1.92. The van der Waals surface area contributed by atoms with Crippen molar-refractivity contribution < 1.29 is 4.79 Å². The van der Waals surface area contributed by atoms with Gasteiger partial charge in [-0.3, -0.25) is 4.79 Å². The highest BCUT2D eigenvalue weighted by Gasteiger charge is 2.25. The summed E-state index contributed by atoms with van der Waals surface area (Å²) in [4.78, 5) is 12.0. The molecule has 1 aromatic carbocycles. The Labute approximate surface area is 103 Å². The Balaban J connectivity index is 2.01. The van der Waals surface area contributed by atoms with Gasteiger partial charge < -0.3 is 10.6 Å².